The van der Waals surface area contributed by atoms with Gasteiger partial charge in [0.05, 0.1) is 12.4 Å². The summed E-state index contributed by atoms with van der Waals surface area (Å²) in [6.45, 7) is 4.85. The summed E-state index contributed by atoms with van der Waals surface area (Å²) in [5.41, 5.74) is 3.34. The van der Waals surface area contributed by atoms with E-state index in [-0.39, 0.29) is 5.75 Å². The molecular formula is C23H28N2O2. The van der Waals surface area contributed by atoms with Gasteiger partial charge in [-0.25, -0.2) is 0 Å². The van der Waals surface area contributed by atoms with Gasteiger partial charge in [0.15, 0.2) is 0 Å². The summed E-state index contributed by atoms with van der Waals surface area (Å²) in [7, 11) is 0. The first kappa shape index (κ1) is 20.4. The van der Waals surface area contributed by atoms with Crippen LogP contribution in [0.4, 0.5) is 0 Å². The molecule has 0 saturated heterocycles. The summed E-state index contributed by atoms with van der Waals surface area (Å²) in [6.07, 6.45) is 7.51. The molecule has 4 heteroatoms. The molecule has 0 bridgehead atoms. The lowest BCUT2D eigenvalue weighted by molar-refractivity contribution is 0.305. The van der Waals surface area contributed by atoms with Crippen molar-refractivity contribution >= 4 is 0 Å². The molecule has 0 fully saturated rings. The molecule has 2 aromatic heterocycles. The molecule has 0 aliphatic carbocycles. The van der Waals surface area contributed by atoms with Crippen LogP contribution in [0.25, 0.3) is 0 Å². The smallest absolute Gasteiger partial charge is 0.138 e. The highest BCUT2D eigenvalue weighted by molar-refractivity contribution is 5.21. The highest BCUT2D eigenvalue weighted by atomic mass is 16.5. The summed E-state index contributed by atoms with van der Waals surface area (Å²) in [5, 5.41) is 8.86. The Morgan fingerprint density at radius 2 is 1.41 bits per heavy atom. The Bertz CT molecular complexity index is 757. The third-order valence-corrected chi connectivity index (χ3v) is 3.87. The number of hydrogen-bond acceptors (Lipinski definition) is 4. The van der Waals surface area contributed by atoms with Gasteiger partial charge in [-0.2, -0.15) is 0 Å². The third-order valence-electron chi connectivity index (χ3n) is 3.87. The highest BCUT2D eigenvalue weighted by Crippen LogP contribution is 2.12. The van der Waals surface area contributed by atoms with Crippen molar-refractivity contribution < 1.29 is 9.84 Å². The van der Waals surface area contributed by atoms with Gasteiger partial charge in [-0.05, 0) is 42.7 Å². The summed E-state index contributed by atoms with van der Waals surface area (Å²) in [6, 6.07) is 17.7. The Morgan fingerprint density at radius 3 is 1.93 bits per heavy atom. The lowest BCUT2D eigenvalue weighted by Crippen LogP contribution is -1.96. The van der Waals surface area contributed by atoms with Crippen molar-refractivity contribution in [2.45, 2.75) is 46.1 Å². The molecule has 0 amide bonds. The number of benzene rings is 1. The minimum absolute atomic E-state index is 0.236. The molecule has 0 aliphatic rings. The maximum Gasteiger partial charge on any atom is 0.138 e. The van der Waals surface area contributed by atoms with Crippen LogP contribution < -0.4 is 4.74 Å². The van der Waals surface area contributed by atoms with Gasteiger partial charge in [0.25, 0.3) is 0 Å². The van der Waals surface area contributed by atoms with E-state index in [0.717, 1.165) is 42.8 Å². The minimum Gasteiger partial charge on any atom is -0.506 e. The first-order valence-corrected chi connectivity index (χ1v) is 9.46. The van der Waals surface area contributed by atoms with Crippen LogP contribution in [0, 0.1) is 0 Å². The molecule has 1 N–H and O–H groups in total. The van der Waals surface area contributed by atoms with Crippen LogP contribution in [0.15, 0.2) is 67.0 Å². The first-order chi connectivity index (χ1) is 13.2. The van der Waals surface area contributed by atoms with Gasteiger partial charge < -0.3 is 9.84 Å². The number of nitrogens with zero attached hydrogens (tertiary/aromatic N) is 2. The SMILES string of the molecule is CCCc1ccc(O)cn1.CCCc1ccc(OCc2ccccc2)cn1. The van der Waals surface area contributed by atoms with Gasteiger partial charge >= 0.3 is 0 Å². The predicted octanol–water partition coefficient (Wildman–Crippen LogP) is 5.35. The second-order valence-electron chi connectivity index (χ2n) is 6.27. The fraction of sp³-hybridized carbons (Fsp3) is 0.304. The maximum atomic E-state index is 8.86. The van der Waals surface area contributed by atoms with Crippen LogP contribution >= 0.6 is 0 Å². The zero-order valence-electron chi connectivity index (χ0n) is 16.1. The van der Waals surface area contributed by atoms with E-state index >= 15 is 0 Å². The zero-order valence-corrected chi connectivity index (χ0v) is 16.1. The molecular weight excluding hydrogens is 336 g/mol. The van der Waals surface area contributed by atoms with E-state index in [2.05, 4.69) is 35.9 Å². The van der Waals surface area contributed by atoms with E-state index in [1.807, 2.05) is 36.4 Å². The van der Waals surface area contributed by atoms with E-state index in [4.69, 9.17) is 9.84 Å². The van der Waals surface area contributed by atoms with Gasteiger partial charge in [0.2, 0.25) is 0 Å². The van der Waals surface area contributed by atoms with Crippen LogP contribution in [0.1, 0.15) is 43.6 Å². The third kappa shape index (κ3) is 7.90. The Labute approximate surface area is 161 Å². The quantitative estimate of drug-likeness (QED) is 0.614. The number of rotatable bonds is 7. The van der Waals surface area contributed by atoms with Gasteiger partial charge in [0.1, 0.15) is 18.1 Å². The highest BCUT2D eigenvalue weighted by Gasteiger charge is 1.97. The van der Waals surface area contributed by atoms with E-state index in [1.165, 1.54) is 11.8 Å². The van der Waals surface area contributed by atoms with Gasteiger partial charge in [-0.1, -0.05) is 57.0 Å². The van der Waals surface area contributed by atoms with Crippen LogP contribution in [-0.2, 0) is 19.4 Å². The standard InChI is InChI=1S/C15H17NO.C8H11NO/c1-2-6-14-9-10-15(11-16-14)17-12-13-7-4-3-5-8-13;1-2-3-7-4-5-8(10)6-9-7/h3-5,7-11H,2,6,12H2,1H3;4-6,10H,2-3H2,1H3. The van der Waals surface area contributed by atoms with Crippen LogP contribution in [0.3, 0.4) is 0 Å². The van der Waals surface area contributed by atoms with Gasteiger partial charge in [0, 0.05) is 11.4 Å². The zero-order chi connectivity index (χ0) is 19.3. The second kappa shape index (κ2) is 11.7. The average Bonchev–Trinajstić information content (AvgIpc) is 2.71. The summed E-state index contributed by atoms with van der Waals surface area (Å²) >= 11 is 0. The van der Waals surface area contributed by atoms with Crippen LogP contribution in [-0.4, -0.2) is 15.1 Å². The number of pyridine rings is 2. The number of ether oxygens (including phenoxy) is 1. The van der Waals surface area contributed by atoms with E-state index in [1.54, 1.807) is 12.3 Å². The maximum absolute atomic E-state index is 8.86. The molecule has 0 atom stereocenters. The molecule has 0 saturated carbocycles. The van der Waals surface area contributed by atoms with Crippen molar-refractivity contribution in [3.05, 3.63) is 83.9 Å². The molecule has 0 spiro atoms. The van der Waals surface area contributed by atoms with Crippen molar-refractivity contribution in [3.8, 4) is 11.5 Å². The van der Waals surface area contributed by atoms with E-state index < -0.39 is 0 Å². The average molecular weight is 364 g/mol. The fourth-order valence-electron chi connectivity index (χ4n) is 2.46. The molecule has 1 aromatic carbocycles. The summed E-state index contributed by atoms with van der Waals surface area (Å²) < 4.78 is 5.66. The largest absolute Gasteiger partial charge is 0.506 e. The lowest BCUT2D eigenvalue weighted by atomic mass is 10.2. The Morgan fingerprint density at radius 1 is 0.778 bits per heavy atom. The molecule has 2 heterocycles. The van der Waals surface area contributed by atoms with Crippen molar-refractivity contribution in [2.75, 3.05) is 0 Å². The van der Waals surface area contributed by atoms with Gasteiger partial charge in [-0.3, -0.25) is 9.97 Å². The Hall–Kier alpha value is -2.88. The van der Waals surface area contributed by atoms with Gasteiger partial charge in [-0.15, -0.1) is 0 Å². The number of hydrogen-bond donors (Lipinski definition) is 1. The molecule has 3 aromatic rings. The topological polar surface area (TPSA) is 55.2 Å². The number of aryl methyl sites for hydroxylation is 2. The number of aromatic hydroxyl groups is 1. The first-order valence-electron chi connectivity index (χ1n) is 9.46. The van der Waals surface area contributed by atoms with Crippen LogP contribution in [0.5, 0.6) is 11.5 Å². The lowest BCUT2D eigenvalue weighted by Gasteiger charge is -2.06. The Balaban J connectivity index is 0.000000223. The van der Waals surface area contributed by atoms with E-state index in [9.17, 15) is 0 Å². The predicted molar refractivity (Wildman–Crippen MR) is 109 cm³/mol. The Kier molecular flexibility index (Phi) is 8.84. The monoisotopic (exact) mass is 364 g/mol. The fourth-order valence-corrected chi connectivity index (χ4v) is 2.46. The van der Waals surface area contributed by atoms with Crippen molar-refractivity contribution in [2.24, 2.45) is 0 Å². The number of aromatic nitrogens is 2. The molecule has 0 unspecified atom stereocenters. The normalized spacial score (nSPS) is 10.0. The molecule has 3 rings (SSSR count). The van der Waals surface area contributed by atoms with E-state index in [0.29, 0.717) is 6.61 Å². The van der Waals surface area contributed by atoms with Crippen LogP contribution in [0.2, 0.25) is 0 Å². The van der Waals surface area contributed by atoms with Crippen molar-refractivity contribution in [3.63, 3.8) is 0 Å². The summed E-state index contributed by atoms with van der Waals surface area (Å²) in [4.78, 5) is 8.37. The second-order valence-corrected chi connectivity index (χ2v) is 6.27. The molecule has 27 heavy (non-hydrogen) atoms. The minimum atomic E-state index is 0.236. The van der Waals surface area contributed by atoms with Crippen molar-refractivity contribution in [1.29, 1.82) is 0 Å². The van der Waals surface area contributed by atoms with Crippen molar-refractivity contribution in [1.82, 2.24) is 9.97 Å². The molecule has 0 aliphatic heterocycles. The molecule has 142 valence electrons. The summed E-state index contributed by atoms with van der Waals surface area (Å²) in [5.74, 6) is 1.06. The molecule has 0 radical (unpaired) electrons. The molecule has 4 nitrogen and oxygen atoms in total.